The Hall–Kier alpha value is -3.91. The number of hydrogen-bond donors (Lipinski definition) is 1. The molecule has 7 nitrogen and oxygen atoms in total. The van der Waals surface area contributed by atoms with Crippen LogP contribution in [0.15, 0.2) is 88.5 Å². The van der Waals surface area contributed by atoms with Crippen molar-refractivity contribution in [2.75, 3.05) is 0 Å². The van der Waals surface area contributed by atoms with Crippen LogP contribution in [0, 0.1) is 13.8 Å². The Labute approximate surface area is 198 Å². The lowest BCUT2D eigenvalue weighted by Gasteiger charge is -2.10. The van der Waals surface area contributed by atoms with Gasteiger partial charge in [-0.15, -0.1) is 0 Å². The van der Waals surface area contributed by atoms with Crippen molar-refractivity contribution in [2.24, 2.45) is 0 Å². The van der Waals surface area contributed by atoms with E-state index in [4.69, 9.17) is 9.15 Å². The minimum absolute atomic E-state index is 0.0256. The number of sulfone groups is 1. The van der Waals surface area contributed by atoms with E-state index in [1.807, 2.05) is 32.0 Å². The van der Waals surface area contributed by atoms with Gasteiger partial charge in [0.1, 0.15) is 5.75 Å². The van der Waals surface area contributed by atoms with Crippen molar-refractivity contribution in [1.82, 2.24) is 10.3 Å². The van der Waals surface area contributed by atoms with E-state index in [0.29, 0.717) is 11.4 Å². The van der Waals surface area contributed by atoms with Crippen LogP contribution < -0.4 is 10.1 Å². The van der Waals surface area contributed by atoms with Gasteiger partial charge in [0.15, 0.2) is 15.6 Å². The number of furan rings is 1. The Morgan fingerprint density at radius 2 is 1.82 bits per heavy atom. The average molecular weight is 477 g/mol. The molecule has 0 unspecified atom stereocenters. The molecule has 4 rings (SSSR count). The van der Waals surface area contributed by atoms with Crippen LogP contribution in [0.25, 0.3) is 0 Å². The first-order valence-electron chi connectivity index (χ1n) is 10.6. The highest BCUT2D eigenvalue weighted by molar-refractivity contribution is 7.90. The Morgan fingerprint density at radius 3 is 2.56 bits per heavy atom. The van der Waals surface area contributed by atoms with E-state index in [9.17, 15) is 13.2 Å². The van der Waals surface area contributed by atoms with Gasteiger partial charge in [0.05, 0.1) is 16.9 Å². The molecule has 0 saturated heterocycles. The summed E-state index contributed by atoms with van der Waals surface area (Å²) in [5, 5.41) is 2.74. The number of benzene rings is 2. The van der Waals surface area contributed by atoms with Crippen molar-refractivity contribution >= 4 is 15.7 Å². The number of carbonyl (C=O) groups excluding carboxylic acids is 1. The zero-order valence-corrected chi connectivity index (χ0v) is 19.6. The third-order valence-electron chi connectivity index (χ3n) is 5.21. The first-order chi connectivity index (χ1) is 16.3. The monoisotopic (exact) mass is 476 g/mol. The second-order valence-corrected chi connectivity index (χ2v) is 9.90. The summed E-state index contributed by atoms with van der Waals surface area (Å²) in [6.45, 7) is 4.15. The van der Waals surface area contributed by atoms with E-state index < -0.39 is 15.7 Å². The molecular weight excluding hydrogens is 452 g/mol. The molecule has 0 saturated carbocycles. The Kier molecular flexibility index (Phi) is 6.79. The van der Waals surface area contributed by atoms with Crippen LogP contribution in [0.3, 0.4) is 0 Å². The SMILES string of the molecule is Cc1ccc(C)c(Oc2ccc(CNC(=O)c3occc3CS(=O)(=O)c3ccccc3)cn2)c1. The van der Waals surface area contributed by atoms with E-state index in [1.165, 1.54) is 24.5 Å². The van der Waals surface area contributed by atoms with Gasteiger partial charge in [0.25, 0.3) is 5.91 Å². The maximum absolute atomic E-state index is 12.7. The molecule has 8 heteroatoms. The summed E-state index contributed by atoms with van der Waals surface area (Å²) in [5.41, 5.74) is 3.16. The lowest BCUT2D eigenvalue weighted by molar-refractivity contribution is 0.0922. The fraction of sp³-hybridized carbons (Fsp3) is 0.154. The Bertz CT molecular complexity index is 1390. The first-order valence-corrected chi connectivity index (χ1v) is 12.3. The minimum Gasteiger partial charge on any atom is -0.459 e. The third kappa shape index (κ3) is 5.52. The van der Waals surface area contributed by atoms with E-state index in [1.54, 1.807) is 36.5 Å². The maximum Gasteiger partial charge on any atom is 0.287 e. The summed E-state index contributed by atoms with van der Waals surface area (Å²) < 4.78 is 36.5. The quantitative estimate of drug-likeness (QED) is 0.385. The topological polar surface area (TPSA) is 98.5 Å². The predicted octanol–water partition coefficient (Wildman–Crippen LogP) is 4.99. The minimum atomic E-state index is -3.61. The number of nitrogens with zero attached hydrogens (tertiary/aromatic N) is 1. The number of ether oxygens (including phenoxy) is 1. The van der Waals surface area contributed by atoms with Gasteiger partial charge < -0.3 is 14.5 Å². The molecule has 0 fully saturated rings. The van der Waals surface area contributed by atoms with Crippen LogP contribution in [-0.2, 0) is 22.1 Å². The van der Waals surface area contributed by atoms with Crippen molar-refractivity contribution in [2.45, 2.75) is 31.0 Å². The second-order valence-electron chi connectivity index (χ2n) is 7.91. The largest absolute Gasteiger partial charge is 0.459 e. The van der Waals surface area contributed by atoms with Gasteiger partial charge in [0.2, 0.25) is 5.88 Å². The van der Waals surface area contributed by atoms with Crippen molar-refractivity contribution in [3.05, 3.63) is 107 Å². The molecule has 174 valence electrons. The van der Waals surface area contributed by atoms with Gasteiger partial charge in [-0.3, -0.25) is 4.79 Å². The van der Waals surface area contributed by atoms with E-state index in [0.717, 1.165) is 22.4 Å². The molecule has 2 aromatic heterocycles. The molecule has 0 aliphatic rings. The number of nitrogens with one attached hydrogen (secondary N) is 1. The van der Waals surface area contributed by atoms with Gasteiger partial charge >= 0.3 is 0 Å². The van der Waals surface area contributed by atoms with Gasteiger partial charge in [-0.2, -0.15) is 0 Å². The lowest BCUT2D eigenvalue weighted by atomic mass is 10.1. The Morgan fingerprint density at radius 1 is 1.03 bits per heavy atom. The smallest absolute Gasteiger partial charge is 0.287 e. The summed E-state index contributed by atoms with van der Waals surface area (Å²) in [4.78, 5) is 17.2. The highest BCUT2D eigenvalue weighted by Crippen LogP contribution is 2.25. The van der Waals surface area contributed by atoms with E-state index in [-0.39, 0.29) is 23.0 Å². The first kappa shape index (κ1) is 23.3. The van der Waals surface area contributed by atoms with Crippen molar-refractivity contribution in [3.63, 3.8) is 0 Å². The fourth-order valence-electron chi connectivity index (χ4n) is 3.33. The van der Waals surface area contributed by atoms with Gasteiger partial charge in [-0.1, -0.05) is 36.4 Å². The molecule has 0 spiro atoms. The summed E-state index contributed by atoms with van der Waals surface area (Å²) in [7, 11) is -3.61. The van der Waals surface area contributed by atoms with Gasteiger partial charge in [-0.05, 0) is 54.8 Å². The molecule has 4 aromatic rings. The second kappa shape index (κ2) is 9.93. The van der Waals surface area contributed by atoms with Crippen molar-refractivity contribution in [1.29, 1.82) is 0 Å². The molecule has 0 bridgehead atoms. The number of amides is 1. The molecule has 1 amide bonds. The molecule has 0 radical (unpaired) electrons. The highest BCUT2D eigenvalue weighted by Gasteiger charge is 2.22. The average Bonchev–Trinajstić information content (AvgIpc) is 3.29. The van der Waals surface area contributed by atoms with Crippen LogP contribution >= 0.6 is 0 Å². The van der Waals surface area contributed by atoms with Crippen LogP contribution in [0.2, 0.25) is 0 Å². The lowest BCUT2D eigenvalue weighted by Crippen LogP contribution is -2.23. The molecule has 0 atom stereocenters. The number of carbonyl (C=O) groups is 1. The highest BCUT2D eigenvalue weighted by atomic mass is 32.2. The summed E-state index contributed by atoms with van der Waals surface area (Å²) in [6, 6.07) is 19.1. The maximum atomic E-state index is 12.7. The Balaban J connectivity index is 1.38. The van der Waals surface area contributed by atoms with Crippen molar-refractivity contribution in [3.8, 4) is 11.6 Å². The number of pyridine rings is 1. The molecule has 0 aliphatic carbocycles. The van der Waals surface area contributed by atoms with Crippen LogP contribution in [0.4, 0.5) is 0 Å². The zero-order valence-electron chi connectivity index (χ0n) is 18.8. The molecule has 2 heterocycles. The molecular formula is C26H24N2O5S. The normalized spacial score (nSPS) is 11.2. The van der Waals surface area contributed by atoms with E-state index in [2.05, 4.69) is 10.3 Å². The third-order valence-corrected chi connectivity index (χ3v) is 6.89. The number of hydrogen-bond acceptors (Lipinski definition) is 6. The molecule has 0 aliphatic heterocycles. The summed E-state index contributed by atoms with van der Waals surface area (Å²) in [5.74, 6) is 0.330. The summed E-state index contributed by atoms with van der Waals surface area (Å²) >= 11 is 0. The number of aryl methyl sites for hydroxylation is 2. The van der Waals surface area contributed by atoms with Gasteiger partial charge in [-0.25, -0.2) is 13.4 Å². The zero-order chi connectivity index (χ0) is 24.1. The fourth-order valence-corrected chi connectivity index (χ4v) is 4.71. The summed E-state index contributed by atoms with van der Waals surface area (Å²) in [6.07, 6.45) is 2.93. The molecule has 1 N–H and O–H groups in total. The molecule has 34 heavy (non-hydrogen) atoms. The van der Waals surface area contributed by atoms with Crippen molar-refractivity contribution < 1.29 is 22.4 Å². The van der Waals surface area contributed by atoms with Crippen LogP contribution in [0.1, 0.15) is 32.8 Å². The number of rotatable bonds is 8. The number of aromatic nitrogens is 1. The standard InChI is InChI=1S/C26H24N2O5S/c1-18-8-9-19(2)23(14-18)33-24-11-10-20(15-27-24)16-28-26(29)25-21(12-13-32-25)17-34(30,31)22-6-4-3-5-7-22/h3-15H,16-17H2,1-2H3,(H,28,29). The predicted molar refractivity (Wildman–Crippen MR) is 127 cm³/mol. The van der Waals surface area contributed by atoms with Gasteiger partial charge in [0, 0.05) is 24.4 Å². The van der Waals surface area contributed by atoms with E-state index >= 15 is 0 Å². The van der Waals surface area contributed by atoms with Crippen LogP contribution in [-0.4, -0.2) is 19.3 Å². The molecule has 2 aromatic carbocycles. The van der Waals surface area contributed by atoms with Crippen LogP contribution in [0.5, 0.6) is 11.6 Å².